The highest BCUT2D eigenvalue weighted by Crippen LogP contribution is 2.46. The predicted octanol–water partition coefficient (Wildman–Crippen LogP) is 3.08. The van der Waals surface area contributed by atoms with Crippen molar-refractivity contribution in [2.75, 3.05) is 6.61 Å². The highest BCUT2D eigenvalue weighted by atomic mass is 32.2. The lowest BCUT2D eigenvalue weighted by Gasteiger charge is -2.14. The van der Waals surface area contributed by atoms with Crippen LogP contribution in [-0.2, 0) is 11.2 Å². The Labute approximate surface area is 125 Å². The lowest BCUT2D eigenvalue weighted by molar-refractivity contribution is -0.139. The molecule has 1 aromatic carbocycles. The van der Waals surface area contributed by atoms with Crippen molar-refractivity contribution in [1.82, 2.24) is 4.98 Å². The Morgan fingerprint density at radius 3 is 2.95 bits per heavy atom. The van der Waals surface area contributed by atoms with Gasteiger partial charge < -0.3 is 9.84 Å². The summed E-state index contributed by atoms with van der Waals surface area (Å²) in [7, 11) is 0. The summed E-state index contributed by atoms with van der Waals surface area (Å²) in [5.41, 5.74) is 5.18. The molecular formula is C14H13NO3S2. The Morgan fingerprint density at radius 1 is 1.50 bits per heavy atom. The molecule has 1 aliphatic rings. The molecule has 1 aromatic heterocycles. The molecule has 6 heteroatoms. The highest BCUT2D eigenvalue weighted by Gasteiger charge is 2.28. The zero-order valence-electron chi connectivity index (χ0n) is 11.1. The minimum Gasteiger partial charge on any atom is -0.481 e. The zero-order chi connectivity index (χ0) is 14.4. The normalized spacial score (nSPS) is 12.2. The minimum absolute atomic E-state index is 0.324. The molecule has 0 atom stereocenters. The van der Waals surface area contributed by atoms with Gasteiger partial charge in [0.05, 0.1) is 5.69 Å². The van der Waals surface area contributed by atoms with Crippen molar-refractivity contribution < 1.29 is 14.6 Å². The fourth-order valence-electron chi connectivity index (χ4n) is 2.70. The van der Waals surface area contributed by atoms with Gasteiger partial charge in [-0.1, -0.05) is 6.07 Å². The smallest absolute Gasteiger partial charge is 0.341 e. The highest BCUT2D eigenvalue weighted by molar-refractivity contribution is 7.82. The lowest BCUT2D eigenvalue weighted by atomic mass is 9.99. The van der Waals surface area contributed by atoms with Crippen LogP contribution < -0.4 is 4.74 Å². The molecule has 2 aromatic rings. The molecule has 0 aliphatic heterocycles. The van der Waals surface area contributed by atoms with Gasteiger partial charge in [0.15, 0.2) is 6.61 Å². The van der Waals surface area contributed by atoms with Crippen LogP contribution in [0.2, 0.25) is 0 Å². The molecule has 0 saturated carbocycles. The van der Waals surface area contributed by atoms with Gasteiger partial charge in [0.1, 0.15) is 10.1 Å². The maximum absolute atomic E-state index is 10.7. The Balaban J connectivity index is 2.12. The van der Waals surface area contributed by atoms with E-state index in [9.17, 15) is 4.79 Å². The summed E-state index contributed by atoms with van der Waals surface area (Å²) in [6.45, 7) is 3.66. The van der Waals surface area contributed by atoms with Gasteiger partial charge in [-0.2, -0.15) is 0 Å². The summed E-state index contributed by atoms with van der Waals surface area (Å²) >= 11 is 5.86. The first-order valence-corrected chi connectivity index (χ1v) is 7.40. The van der Waals surface area contributed by atoms with Crippen molar-refractivity contribution in [2.24, 2.45) is 0 Å². The number of thiazole rings is 1. The van der Waals surface area contributed by atoms with Crippen molar-refractivity contribution in [2.45, 2.75) is 24.6 Å². The molecule has 104 valence electrons. The summed E-state index contributed by atoms with van der Waals surface area (Å²) in [6.07, 6.45) is 0.736. The number of carboxylic acid groups (broad SMARTS) is 1. The fraction of sp³-hybridized carbons (Fsp3) is 0.286. The molecule has 0 amide bonds. The monoisotopic (exact) mass is 307 g/mol. The van der Waals surface area contributed by atoms with Crippen LogP contribution in [0.1, 0.15) is 21.6 Å². The molecule has 3 rings (SSSR count). The molecule has 4 nitrogen and oxygen atoms in total. The quantitative estimate of drug-likeness (QED) is 0.730. The first-order chi connectivity index (χ1) is 9.47. The molecular weight excluding hydrogens is 294 g/mol. The van der Waals surface area contributed by atoms with Crippen LogP contribution in [0.25, 0.3) is 11.3 Å². The van der Waals surface area contributed by atoms with Crippen molar-refractivity contribution in [1.29, 1.82) is 0 Å². The van der Waals surface area contributed by atoms with Gasteiger partial charge in [-0.05, 0) is 25.0 Å². The first-order valence-electron chi connectivity index (χ1n) is 6.14. The first kappa shape index (κ1) is 13.5. The van der Waals surface area contributed by atoms with Crippen molar-refractivity contribution in [3.05, 3.63) is 27.6 Å². The number of nitrogens with zero attached hydrogens (tertiary/aromatic N) is 1. The molecule has 0 unspecified atom stereocenters. The number of benzene rings is 1. The van der Waals surface area contributed by atoms with E-state index < -0.39 is 5.97 Å². The second-order valence-electron chi connectivity index (χ2n) is 4.82. The van der Waals surface area contributed by atoms with Crippen molar-refractivity contribution in [3.8, 4) is 17.0 Å². The van der Waals surface area contributed by atoms with Crippen LogP contribution >= 0.6 is 24.0 Å². The number of hydrogen-bond donors (Lipinski definition) is 2. The summed E-state index contributed by atoms with van der Waals surface area (Å²) in [6, 6.07) is 2.02. The fourth-order valence-corrected chi connectivity index (χ4v) is 3.95. The van der Waals surface area contributed by atoms with E-state index in [4.69, 9.17) is 9.84 Å². The Bertz CT molecular complexity index is 722. The molecule has 0 saturated heterocycles. The summed E-state index contributed by atoms with van der Waals surface area (Å²) in [5.74, 6) is -0.291. The van der Waals surface area contributed by atoms with Crippen LogP contribution in [0.4, 0.5) is 0 Å². The van der Waals surface area contributed by atoms with E-state index in [0.717, 1.165) is 38.7 Å². The topological polar surface area (TPSA) is 59.4 Å². The van der Waals surface area contributed by atoms with E-state index in [1.807, 2.05) is 19.9 Å². The SMILES string of the molecule is Cc1cc(C)c2c(c1OCC(=O)O)Cc1sc(S)nc1-2. The van der Waals surface area contributed by atoms with E-state index in [-0.39, 0.29) is 6.61 Å². The second-order valence-corrected chi connectivity index (χ2v) is 6.63. The summed E-state index contributed by atoms with van der Waals surface area (Å²) < 4.78 is 6.24. The van der Waals surface area contributed by atoms with E-state index in [0.29, 0.717) is 5.75 Å². The van der Waals surface area contributed by atoms with Gasteiger partial charge in [0.2, 0.25) is 0 Å². The summed E-state index contributed by atoms with van der Waals surface area (Å²) in [4.78, 5) is 16.4. The largest absolute Gasteiger partial charge is 0.481 e. The summed E-state index contributed by atoms with van der Waals surface area (Å²) in [5, 5.41) is 8.79. The number of aromatic nitrogens is 1. The third-order valence-corrected chi connectivity index (χ3v) is 4.59. The van der Waals surface area contributed by atoms with Gasteiger partial charge in [0.25, 0.3) is 0 Å². The van der Waals surface area contributed by atoms with Crippen LogP contribution in [-0.4, -0.2) is 22.7 Å². The van der Waals surface area contributed by atoms with E-state index in [1.54, 1.807) is 11.3 Å². The number of thiol groups is 1. The lowest BCUT2D eigenvalue weighted by Crippen LogP contribution is -2.11. The number of fused-ring (bicyclic) bond motifs is 3. The molecule has 1 aliphatic carbocycles. The van der Waals surface area contributed by atoms with Crippen LogP contribution in [0.15, 0.2) is 10.4 Å². The molecule has 0 radical (unpaired) electrons. The number of aryl methyl sites for hydroxylation is 2. The number of aliphatic carboxylic acids is 1. The molecule has 20 heavy (non-hydrogen) atoms. The molecule has 1 N–H and O–H groups in total. The van der Waals surface area contributed by atoms with Gasteiger partial charge >= 0.3 is 5.97 Å². The molecule has 0 fully saturated rings. The van der Waals surface area contributed by atoms with Gasteiger partial charge in [-0.3, -0.25) is 0 Å². The Morgan fingerprint density at radius 2 is 2.25 bits per heavy atom. The molecule has 0 spiro atoms. The van der Waals surface area contributed by atoms with Crippen LogP contribution in [0, 0.1) is 13.8 Å². The number of carboxylic acids is 1. The zero-order valence-corrected chi connectivity index (χ0v) is 12.8. The van der Waals surface area contributed by atoms with Crippen molar-refractivity contribution in [3.63, 3.8) is 0 Å². The van der Waals surface area contributed by atoms with Gasteiger partial charge in [0, 0.05) is 22.4 Å². The number of rotatable bonds is 3. The Kier molecular flexibility index (Phi) is 3.22. The van der Waals surface area contributed by atoms with E-state index in [1.165, 1.54) is 4.88 Å². The molecule has 1 heterocycles. The maximum atomic E-state index is 10.7. The van der Waals surface area contributed by atoms with Crippen LogP contribution in [0.5, 0.6) is 5.75 Å². The predicted molar refractivity (Wildman–Crippen MR) is 80.2 cm³/mol. The molecule has 0 bridgehead atoms. The maximum Gasteiger partial charge on any atom is 0.341 e. The number of hydrogen-bond acceptors (Lipinski definition) is 5. The number of ether oxygens (including phenoxy) is 1. The standard InChI is InChI=1S/C14H13NO3S2/c1-6-3-7(2)13(18-5-10(16)17)8-4-9-12(11(6)8)15-14(19)20-9/h3H,4-5H2,1-2H3,(H,15,19)(H,16,17). The average Bonchev–Trinajstić information content (AvgIpc) is 2.83. The average molecular weight is 307 g/mol. The third kappa shape index (κ3) is 2.09. The minimum atomic E-state index is -0.970. The third-order valence-electron chi connectivity index (χ3n) is 3.36. The van der Waals surface area contributed by atoms with Crippen LogP contribution in [0.3, 0.4) is 0 Å². The van der Waals surface area contributed by atoms with Gasteiger partial charge in [-0.15, -0.1) is 24.0 Å². The van der Waals surface area contributed by atoms with E-state index in [2.05, 4.69) is 17.6 Å². The Hall–Kier alpha value is -1.53. The van der Waals surface area contributed by atoms with Gasteiger partial charge in [-0.25, -0.2) is 9.78 Å². The van der Waals surface area contributed by atoms with Crippen molar-refractivity contribution >= 4 is 29.9 Å². The number of carbonyl (C=O) groups is 1. The van der Waals surface area contributed by atoms with E-state index >= 15 is 0 Å². The second kappa shape index (κ2) is 4.79.